The molecule has 0 aliphatic heterocycles. The van der Waals surface area contributed by atoms with E-state index in [1.54, 1.807) is 24.3 Å². The number of benzene rings is 1. The number of aromatic carboxylic acids is 1. The zero-order valence-electron chi connectivity index (χ0n) is 12.8. The Morgan fingerprint density at radius 3 is 2.56 bits per heavy atom. The molecule has 0 bridgehead atoms. The molecule has 2 heterocycles. The molecule has 0 amide bonds. The van der Waals surface area contributed by atoms with E-state index in [1.807, 2.05) is 0 Å². The van der Waals surface area contributed by atoms with Crippen LogP contribution in [-0.2, 0) is 13.2 Å². The molecule has 0 atom stereocenters. The number of carboxylic acid groups (broad SMARTS) is 1. The van der Waals surface area contributed by atoms with Crippen LogP contribution >= 0.6 is 11.6 Å². The maximum absolute atomic E-state index is 10.8. The quantitative estimate of drug-likeness (QED) is 0.695. The van der Waals surface area contributed by atoms with Crippen molar-refractivity contribution >= 4 is 17.6 Å². The summed E-state index contributed by atoms with van der Waals surface area (Å²) in [5.41, 5.74) is 1.94. The first-order chi connectivity index (χ1) is 12.1. The van der Waals surface area contributed by atoms with Gasteiger partial charge in [-0.3, -0.25) is 0 Å². The van der Waals surface area contributed by atoms with Crippen molar-refractivity contribution in [3.05, 3.63) is 64.5 Å². The Labute approximate surface area is 147 Å². The molecule has 25 heavy (non-hydrogen) atoms. The predicted molar refractivity (Wildman–Crippen MR) is 88.4 cm³/mol. The van der Waals surface area contributed by atoms with Crippen LogP contribution in [0.3, 0.4) is 0 Å². The number of aliphatic hydroxyl groups is 1. The molecule has 128 valence electrons. The highest BCUT2D eigenvalue weighted by Crippen LogP contribution is 2.28. The number of carboxylic acids is 1. The van der Waals surface area contributed by atoms with Crippen molar-refractivity contribution in [2.24, 2.45) is 0 Å². The molecule has 0 saturated heterocycles. The zero-order valence-corrected chi connectivity index (χ0v) is 13.6. The van der Waals surface area contributed by atoms with Crippen LogP contribution in [0.4, 0.5) is 0 Å². The molecule has 0 fully saturated rings. The van der Waals surface area contributed by atoms with E-state index in [-0.39, 0.29) is 30.4 Å². The van der Waals surface area contributed by atoms with E-state index >= 15 is 0 Å². The Morgan fingerprint density at radius 2 is 1.96 bits per heavy atom. The Balaban J connectivity index is 1.82. The first kappa shape index (κ1) is 16.9. The number of nitrogens with zero attached hydrogens (tertiary/aromatic N) is 2. The third kappa shape index (κ3) is 3.78. The van der Waals surface area contributed by atoms with Gasteiger partial charge in [0.1, 0.15) is 18.9 Å². The van der Waals surface area contributed by atoms with Crippen LogP contribution in [0.25, 0.3) is 11.3 Å². The largest absolute Gasteiger partial charge is 0.478 e. The number of aliphatic hydroxyl groups excluding tert-OH is 1. The zero-order chi connectivity index (χ0) is 17.8. The fraction of sp³-hybridized carbons (Fsp3) is 0.118. The highest BCUT2D eigenvalue weighted by molar-refractivity contribution is 6.30. The molecule has 8 heteroatoms. The topological polar surface area (TPSA) is 106 Å². The summed E-state index contributed by atoms with van der Waals surface area (Å²) in [6, 6.07) is 9.86. The van der Waals surface area contributed by atoms with Crippen molar-refractivity contribution in [1.82, 2.24) is 10.1 Å². The van der Waals surface area contributed by atoms with Crippen LogP contribution in [0.1, 0.15) is 21.7 Å². The molecule has 0 aliphatic rings. The summed E-state index contributed by atoms with van der Waals surface area (Å²) < 4.78 is 10.7. The lowest BCUT2D eigenvalue weighted by molar-refractivity contribution is 0.0696. The average Bonchev–Trinajstić information content (AvgIpc) is 3.04. The highest BCUT2D eigenvalue weighted by Gasteiger charge is 2.18. The van der Waals surface area contributed by atoms with Gasteiger partial charge in [0.25, 0.3) is 0 Å². The maximum atomic E-state index is 10.8. The van der Waals surface area contributed by atoms with Gasteiger partial charge in [0.15, 0.2) is 5.76 Å². The van der Waals surface area contributed by atoms with Crippen molar-refractivity contribution in [2.45, 2.75) is 13.2 Å². The molecule has 0 radical (unpaired) electrons. The van der Waals surface area contributed by atoms with Crippen LogP contribution in [0.15, 0.2) is 47.1 Å². The van der Waals surface area contributed by atoms with Crippen LogP contribution in [0.5, 0.6) is 5.88 Å². The molecule has 0 saturated carbocycles. The lowest BCUT2D eigenvalue weighted by Gasteiger charge is -2.07. The predicted octanol–water partition coefficient (Wildman–Crippen LogP) is 3.16. The second-order valence-corrected chi connectivity index (χ2v) is 5.51. The van der Waals surface area contributed by atoms with E-state index in [1.165, 1.54) is 18.3 Å². The molecule has 2 aromatic heterocycles. The molecule has 0 aliphatic carbocycles. The van der Waals surface area contributed by atoms with E-state index in [0.29, 0.717) is 16.3 Å². The number of hydrogen-bond acceptors (Lipinski definition) is 6. The molecule has 3 rings (SSSR count). The molecular weight excluding hydrogens is 348 g/mol. The minimum atomic E-state index is -1.06. The van der Waals surface area contributed by atoms with Gasteiger partial charge in [0, 0.05) is 22.8 Å². The van der Waals surface area contributed by atoms with E-state index < -0.39 is 5.97 Å². The Hall–Kier alpha value is -2.90. The van der Waals surface area contributed by atoms with Crippen LogP contribution in [0, 0.1) is 0 Å². The van der Waals surface area contributed by atoms with Gasteiger partial charge in [0.05, 0.1) is 11.1 Å². The number of aromatic nitrogens is 2. The monoisotopic (exact) mass is 360 g/mol. The molecular formula is C17H13ClN2O5. The average molecular weight is 361 g/mol. The lowest BCUT2D eigenvalue weighted by Crippen LogP contribution is -2.02. The minimum Gasteiger partial charge on any atom is -0.478 e. The summed E-state index contributed by atoms with van der Waals surface area (Å²) in [6.45, 7) is -0.276. The summed E-state index contributed by atoms with van der Waals surface area (Å²) in [5, 5.41) is 22.9. The first-order valence-corrected chi connectivity index (χ1v) is 7.62. The van der Waals surface area contributed by atoms with Gasteiger partial charge in [-0.05, 0) is 18.2 Å². The fourth-order valence-corrected chi connectivity index (χ4v) is 2.32. The third-order valence-corrected chi connectivity index (χ3v) is 3.73. The lowest BCUT2D eigenvalue weighted by atomic mass is 10.1. The van der Waals surface area contributed by atoms with E-state index in [0.717, 1.165) is 5.56 Å². The smallest absolute Gasteiger partial charge is 0.337 e. The van der Waals surface area contributed by atoms with E-state index in [2.05, 4.69) is 10.1 Å². The number of rotatable bonds is 6. The van der Waals surface area contributed by atoms with Crippen molar-refractivity contribution < 1.29 is 24.3 Å². The van der Waals surface area contributed by atoms with Gasteiger partial charge in [-0.1, -0.05) is 28.9 Å². The Morgan fingerprint density at radius 1 is 1.20 bits per heavy atom. The highest BCUT2D eigenvalue weighted by atomic mass is 35.5. The second kappa shape index (κ2) is 7.33. The molecule has 0 spiro atoms. The fourth-order valence-electron chi connectivity index (χ4n) is 2.19. The van der Waals surface area contributed by atoms with Gasteiger partial charge in [-0.15, -0.1) is 0 Å². The number of ether oxygens (including phenoxy) is 1. The summed E-state index contributed by atoms with van der Waals surface area (Å²) in [5.74, 6) is -0.532. The number of carbonyl (C=O) groups is 1. The SMILES string of the molecule is O=C(O)c1ccc(OCc2c(-c3ccc(Cl)cc3)noc2CO)nc1. The Kier molecular flexibility index (Phi) is 4.97. The molecule has 2 N–H and O–H groups in total. The van der Waals surface area contributed by atoms with Gasteiger partial charge in [-0.2, -0.15) is 0 Å². The standard InChI is InChI=1S/C17H13ClN2O5/c18-12-4-1-10(2-5-12)16-13(14(8-21)25-20-16)9-24-15-6-3-11(7-19-15)17(22)23/h1-7,21H,8-9H2,(H,22,23). The summed E-state index contributed by atoms with van der Waals surface area (Å²) in [7, 11) is 0. The summed E-state index contributed by atoms with van der Waals surface area (Å²) in [6.07, 6.45) is 1.21. The summed E-state index contributed by atoms with van der Waals surface area (Å²) >= 11 is 5.89. The van der Waals surface area contributed by atoms with Gasteiger partial charge < -0.3 is 19.5 Å². The summed E-state index contributed by atoms with van der Waals surface area (Å²) in [4.78, 5) is 14.8. The number of hydrogen-bond donors (Lipinski definition) is 2. The molecule has 1 aromatic carbocycles. The van der Waals surface area contributed by atoms with Crippen molar-refractivity contribution in [3.63, 3.8) is 0 Å². The normalized spacial score (nSPS) is 10.6. The van der Waals surface area contributed by atoms with Crippen molar-refractivity contribution in [3.8, 4) is 17.1 Å². The van der Waals surface area contributed by atoms with Gasteiger partial charge in [-0.25, -0.2) is 9.78 Å². The first-order valence-electron chi connectivity index (χ1n) is 7.25. The molecule has 0 unspecified atom stereocenters. The van der Waals surface area contributed by atoms with E-state index in [4.69, 9.17) is 26.0 Å². The Bertz CT molecular complexity index is 875. The minimum absolute atomic E-state index is 0.0524. The van der Waals surface area contributed by atoms with Crippen molar-refractivity contribution in [1.29, 1.82) is 0 Å². The third-order valence-electron chi connectivity index (χ3n) is 3.48. The van der Waals surface area contributed by atoms with Crippen molar-refractivity contribution in [2.75, 3.05) is 0 Å². The molecule has 7 nitrogen and oxygen atoms in total. The van der Waals surface area contributed by atoms with E-state index in [9.17, 15) is 9.90 Å². The maximum Gasteiger partial charge on any atom is 0.337 e. The van der Waals surface area contributed by atoms with Crippen LogP contribution in [-0.4, -0.2) is 26.3 Å². The van der Waals surface area contributed by atoms with Gasteiger partial charge >= 0.3 is 5.97 Å². The number of halogens is 1. The number of pyridine rings is 1. The van der Waals surface area contributed by atoms with Crippen LogP contribution in [0.2, 0.25) is 5.02 Å². The van der Waals surface area contributed by atoms with Crippen LogP contribution < -0.4 is 4.74 Å². The van der Waals surface area contributed by atoms with Gasteiger partial charge in [0.2, 0.25) is 5.88 Å². The second-order valence-electron chi connectivity index (χ2n) is 5.08. The molecule has 3 aromatic rings.